The largest absolute Gasteiger partial charge is 0.380 e. The number of fused-ring (bicyclic) bond motifs is 1. The monoisotopic (exact) mass is 380 g/mol. The minimum Gasteiger partial charge on any atom is -0.380 e. The SMILES string of the molecule is COCc1cccc(NC(=O)C(CC(C)C)N2C(=O)c3ccccc3C2=O)c1. The lowest BCUT2D eigenvalue weighted by molar-refractivity contribution is -0.120. The standard InChI is InChI=1S/C22H24N2O4/c1-14(2)11-19(20(25)23-16-8-6-7-15(12-16)13-28-3)24-21(26)17-9-4-5-10-18(17)22(24)27/h4-10,12,14,19H,11,13H2,1-3H3,(H,23,25). The molecule has 0 radical (unpaired) electrons. The van der Waals surface area contributed by atoms with E-state index in [1.807, 2.05) is 32.0 Å². The predicted molar refractivity (Wildman–Crippen MR) is 106 cm³/mol. The van der Waals surface area contributed by atoms with Crippen LogP contribution in [0, 0.1) is 5.92 Å². The summed E-state index contributed by atoms with van der Waals surface area (Å²) in [6.07, 6.45) is 0.384. The molecule has 146 valence electrons. The van der Waals surface area contributed by atoms with E-state index in [1.54, 1.807) is 37.4 Å². The van der Waals surface area contributed by atoms with Gasteiger partial charge in [0.1, 0.15) is 6.04 Å². The third-order valence-electron chi connectivity index (χ3n) is 4.64. The van der Waals surface area contributed by atoms with Crippen molar-refractivity contribution in [2.45, 2.75) is 32.9 Å². The zero-order valence-corrected chi connectivity index (χ0v) is 16.3. The number of hydrogen-bond acceptors (Lipinski definition) is 4. The lowest BCUT2D eigenvalue weighted by atomic mass is 10.0. The van der Waals surface area contributed by atoms with Crippen molar-refractivity contribution in [1.29, 1.82) is 0 Å². The van der Waals surface area contributed by atoms with Crippen molar-refractivity contribution in [3.63, 3.8) is 0 Å². The van der Waals surface area contributed by atoms with Gasteiger partial charge in [0, 0.05) is 12.8 Å². The Labute approximate surface area is 164 Å². The molecule has 1 heterocycles. The van der Waals surface area contributed by atoms with Crippen LogP contribution in [0.15, 0.2) is 48.5 Å². The average Bonchev–Trinajstić information content (AvgIpc) is 2.91. The topological polar surface area (TPSA) is 75.7 Å². The first kappa shape index (κ1) is 19.8. The summed E-state index contributed by atoms with van der Waals surface area (Å²) in [7, 11) is 1.60. The van der Waals surface area contributed by atoms with Gasteiger partial charge in [-0.2, -0.15) is 0 Å². The normalized spacial score (nSPS) is 14.4. The number of rotatable bonds is 7. The van der Waals surface area contributed by atoms with Gasteiger partial charge in [-0.25, -0.2) is 0 Å². The first-order valence-corrected chi connectivity index (χ1v) is 9.28. The lowest BCUT2D eigenvalue weighted by Crippen LogP contribution is -2.47. The van der Waals surface area contributed by atoms with Gasteiger partial charge >= 0.3 is 0 Å². The zero-order valence-electron chi connectivity index (χ0n) is 16.3. The molecule has 6 nitrogen and oxygen atoms in total. The fourth-order valence-corrected chi connectivity index (χ4v) is 3.40. The third-order valence-corrected chi connectivity index (χ3v) is 4.64. The number of anilines is 1. The number of nitrogens with one attached hydrogen (secondary N) is 1. The van der Waals surface area contributed by atoms with Crippen molar-refractivity contribution >= 4 is 23.4 Å². The summed E-state index contributed by atoms with van der Waals surface area (Å²) in [5.41, 5.74) is 2.21. The second-order valence-corrected chi connectivity index (χ2v) is 7.29. The Hall–Kier alpha value is -2.99. The number of methoxy groups -OCH3 is 1. The molecule has 0 spiro atoms. The Balaban J connectivity index is 1.87. The highest BCUT2D eigenvalue weighted by Crippen LogP contribution is 2.27. The molecule has 3 amide bonds. The molecule has 0 aromatic heterocycles. The van der Waals surface area contributed by atoms with Gasteiger partial charge in [0.05, 0.1) is 17.7 Å². The number of nitrogens with zero attached hydrogens (tertiary/aromatic N) is 1. The van der Waals surface area contributed by atoms with Crippen molar-refractivity contribution in [2.75, 3.05) is 12.4 Å². The smallest absolute Gasteiger partial charge is 0.262 e. The molecule has 0 saturated heterocycles. The van der Waals surface area contributed by atoms with Crippen LogP contribution >= 0.6 is 0 Å². The molecular formula is C22H24N2O4. The number of hydrogen-bond donors (Lipinski definition) is 1. The van der Waals surface area contributed by atoms with Crippen LogP contribution in [-0.2, 0) is 16.1 Å². The minimum absolute atomic E-state index is 0.125. The minimum atomic E-state index is -0.876. The van der Waals surface area contributed by atoms with Gasteiger partial charge in [-0.05, 0) is 42.2 Å². The predicted octanol–water partition coefficient (Wildman–Crippen LogP) is 3.48. The molecule has 6 heteroatoms. The first-order valence-electron chi connectivity index (χ1n) is 9.28. The van der Waals surface area contributed by atoms with Crippen LogP contribution < -0.4 is 5.32 Å². The van der Waals surface area contributed by atoms with Crippen molar-refractivity contribution in [3.8, 4) is 0 Å². The quantitative estimate of drug-likeness (QED) is 0.746. The molecule has 1 N–H and O–H groups in total. The molecule has 1 aliphatic rings. The molecule has 1 aliphatic heterocycles. The maximum absolute atomic E-state index is 13.1. The van der Waals surface area contributed by atoms with Gasteiger partial charge in [-0.15, -0.1) is 0 Å². The summed E-state index contributed by atoms with van der Waals surface area (Å²) in [5.74, 6) is -1.10. The van der Waals surface area contributed by atoms with Gasteiger partial charge in [0.15, 0.2) is 0 Å². The lowest BCUT2D eigenvalue weighted by Gasteiger charge is -2.26. The van der Waals surface area contributed by atoms with Gasteiger partial charge in [0.2, 0.25) is 5.91 Å². The van der Waals surface area contributed by atoms with Crippen molar-refractivity contribution in [2.24, 2.45) is 5.92 Å². The second-order valence-electron chi connectivity index (χ2n) is 7.29. The molecule has 28 heavy (non-hydrogen) atoms. The molecule has 2 aromatic carbocycles. The summed E-state index contributed by atoms with van der Waals surface area (Å²) in [6, 6.07) is 13.1. The van der Waals surface area contributed by atoms with Crippen LogP contribution in [0.2, 0.25) is 0 Å². The number of ether oxygens (including phenoxy) is 1. The Kier molecular flexibility index (Phi) is 5.90. The molecule has 0 fully saturated rings. The second kappa shape index (κ2) is 8.35. The van der Waals surface area contributed by atoms with E-state index in [0.717, 1.165) is 10.5 Å². The average molecular weight is 380 g/mol. The van der Waals surface area contributed by atoms with Gasteiger partial charge in [0.25, 0.3) is 11.8 Å². The van der Waals surface area contributed by atoms with E-state index in [9.17, 15) is 14.4 Å². The summed E-state index contributed by atoms with van der Waals surface area (Å²) in [5, 5.41) is 2.85. The Morgan fingerprint density at radius 1 is 1.04 bits per heavy atom. The number of imide groups is 1. The fraction of sp³-hybridized carbons (Fsp3) is 0.318. The number of amides is 3. The Morgan fingerprint density at radius 3 is 2.25 bits per heavy atom. The Bertz CT molecular complexity index is 872. The van der Waals surface area contributed by atoms with E-state index in [2.05, 4.69) is 5.32 Å². The molecule has 0 saturated carbocycles. The number of benzene rings is 2. The van der Waals surface area contributed by atoms with Crippen LogP contribution in [0.4, 0.5) is 5.69 Å². The summed E-state index contributed by atoms with van der Waals surface area (Å²) in [4.78, 5) is 39.8. The zero-order chi connectivity index (χ0) is 20.3. The van der Waals surface area contributed by atoms with Crippen LogP contribution in [0.25, 0.3) is 0 Å². The number of carbonyl (C=O) groups is 3. The van der Waals surface area contributed by atoms with Crippen molar-refractivity contribution in [3.05, 3.63) is 65.2 Å². The first-order chi connectivity index (χ1) is 13.4. The van der Waals surface area contributed by atoms with Gasteiger partial charge < -0.3 is 10.1 Å². The van der Waals surface area contributed by atoms with E-state index in [0.29, 0.717) is 29.8 Å². The van der Waals surface area contributed by atoms with Crippen LogP contribution in [-0.4, -0.2) is 35.8 Å². The van der Waals surface area contributed by atoms with E-state index < -0.39 is 17.9 Å². The van der Waals surface area contributed by atoms with E-state index in [-0.39, 0.29) is 11.8 Å². The highest BCUT2D eigenvalue weighted by atomic mass is 16.5. The summed E-state index contributed by atoms with van der Waals surface area (Å²) < 4.78 is 5.12. The maximum atomic E-state index is 13.1. The highest BCUT2D eigenvalue weighted by Gasteiger charge is 2.42. The maximum Gasteiger partial charge on any atom is 0.262 e. The van der Waals surface area contributed by atoms with Gasteiger partial charge in [-0.1, -0.05) is 38.1 Å². The van der Waals surface area contributed by atoms with Crippen LogP contribution in [0.1, 0.15) is 46.5 Å². The Morgan fingerprint density at radius 2 is 1.68 bits per heavy atom. The molecule has 3 rings (SSSR count). The molecule has 2 aromatic rings. The fourth-order valence-electron chi connectivity index (χ4n) is 3.40. The van der Waals surface area contributed by atoms with Crippen molar-refractivity contribution in [1.82, 2.24) is 4.90 Å². The summed E-state index contributed by atoms with van der Waals surface area (Å²) >= 11 is 0. The number of carbonyl (C=O) groups excluding carboxylic acids is 3. The molecule has 1 atom stereocenters. The van der Waals surface area contributed by atoms with Crippen molar-refractivity contribution < 1.29 is 19.1 Å². The van der Waals surface area contributed by atoms with E-state index in [4.69, 9.17) is 4.74 Å². The van der Waals surface area contributed by atoms with Gasteiger partial charge in [-0.3, -0.25) is 19.3 Å². The molecular weight excluding hydrogens is 356 g/mol. The van der Waals surface area contributed by atoms with Crippen LogP contribution in [0.3, 0.4) is 0 Å². The third kappa shape index (κ3) is 3.97. The summed E-state index contributed by atoms with van der Waals surface area (Å²) in [6.45, 7) is 4.34. The molecule has 1 unspecified atom stereocenters. The van der Waals surface area contributed by atoms with Crippen LogP contribution in [0.5, 0.6) is 0 Å². The molecule has 0 aliphatic carbocycles. The van der Waals surface area contributed by atoms with E-state index in [1.165, 1.54) is 0 Å². The van der Waals surface area contributed by atoms with E-state index >= 15 is 0 Å². The molecule has 0 bridgehead atoms. The highest BCUT2D eigenvalue weighted by molar-refractivity contribution is 6.23.